The number of halogens is 1. The average molecular weight is 446 g/mol. The Bertz CT molecular complexity index is 1340. The van der Waals surface area contributed by atoms with Crippen LogP contribution in [0.2, 0.25) is 0 Å². The van der Waals surface area contributed by atoms with Crippen molar-refractivity contribution in [2.24, 2.45) is 0 Å². The highest BCUT2D eigenvalue weighted by molar-refractivity contribution is 5.97. The summed E-state index contributed by atoms with van der Waals surface area (Å²) in [6.45, 7) is 1.43. The number of rotatable bonds is 6. The van der Waals surface area contributed by atoms with Crippen LogP contribution in [-0.4, -0.2) is 21.3 Å². The van der Waals surface area contributed by atoms with Crippen LogP contribution in [-0.2, 0) is 19.5 Å². The Hall–Kier alpha value is -3.80. The van der Waals surface area contributed by atoms with Gasteiger partial charge in [-0.1, -0.05) is 18.2 Å². The minimum absolute atomic E-state index is 0.237. The van der Waals surface area contributed by atoms with E-state index >= 15 is 0 Å². The highest BCUT2D eigenvalue weighted by atomic mass is 19.1. The van der Waals surface area contributed by atoms with E-state index in [1.807, 2.05) is 6.07 Å². The third-order valence-electron chi connectivity index (χ3n) is 6.24. The number of hydrogen-bond donors (Lipinski definition) is 1. The lowest BCUT2D eigenvalue weighted by atomic mass is 9.95. The third kappa shape index (κ3) is 3.82. The highest BCUT2D eigenvalue weighted by Crippen LogP contribution is 2.39. The molecule has 4 aromatic rings. The van der Waals surface area contributed by atoms with Gasteiger partial charge in [-0.3, -0.25) is 0 Å². The number of nitrogens with zero attached hydrogens (tertiary/aromatic N) is 1. The predicted molar refractivity (Wildman–Crippen MR) is 127 cm³/mol. The Morgan fingerprint density at radius 3 is 2.33 bits per heavy atom. The van der Waals surface area contributed by atoms with Gasteiger partial charge in [0.15, 0.2) is 24.2 Å². The van der Waals surface area contributed by atoms with Crippen LogP contribution in [0, 0.1) is 5.82 Å². The van der Waals surface area contributed by atoms with Crippen molar-refractivity contribution < 1.29 is 23.2 Å². The van der Waals surface area contributed by atoms with Gasteiger partial charge in [-0.05, 0) is 46.8 Å². The second-order valence-electron chi connectivity index (χ2n) is 8.09. The highest BCUT2D eigenvalue weighted by Gasteiger charge is 2.27. The molecule has 0 unspecified atom stereocenters. The fraction of sp³-hybridized carbons (Fsp3) is 0.222. The summed E-state index contributed by atoms with van der Waals surface area (Å²) in [5, 5.41) is 5.68. The van der Waals surface area contributed by atoms with Crippen molar-refractivity contribution in [3.05, 3.63) is 77.7 Å². The van der Waals surface area contributed by atoms with Gasteiger partial charge < -0.3 is 19.5 Å². The van der Waals surface area contributed by atoms with Crippen molar-refractivity contribution in [2.75, 3.05) is 26.6 Å². The van der Waals surface area contributed by atoms with E-state index in [0.717, 1.165) is 63.5 Å². The zero-order valence-electron chi connectivity index (χ0n) is 18.9. The van der Waals surface area contributed by atoms with Gasteiger partial charge in [0.25, 0.3) is 0 Å². The Labute approximate surface area is 192 Å². The SMILES string of the molecule is COc1cc2c(cc1OC)-c1cc3ccc(OC)c(NCc4ccc(F)cc4)c3c[n+]1CC2. The van der Waals surface area contributed by atoms with Crippen molar-refractivity contribution >= 4 is 16.5 Å². The van der Waals surface area contributed by atoms with E-state index in [0.29, 0.717) is 6.54 Å². The van der Waals surface area contributed by atoms with Gasteiger partial charge in [-0.25, -0.2) is 4.39 Å². The molecule has 0 saturated heterocycles. The van der Waals surface area contributed by atoms with Gasteiger partial charge >= 0.3 is 0 Å². The summed E-state index contributed by atoms with van der Waals surface area (Å²) in [4.78, 5) is 0. The number of benzene rings is 3. The maximum atomic E-state index is 13.3. The summed E-state index contributed by atoms with van der Waals surface area (Å²) in [6.07, 6.45) is 3.08. The summed E-state index contributed by atoms with van der Waals surface area (Å²) in [5.41, 5.74) is 5.45. The van der Waals surface area contributed by atoms with E-state index in [2.05, 4.69) is 40.3 Å². The molecule has 5 nitrogen and oxygen atoms in total. The second-order valence-corrected chi connectivity index (χ2v) is 8.09. The molecule has 2 heterocycles. The molecule has 3 aromatic carbocycles. The number of ether oxygens (including phenoxy) is 3. The quantitative estimate of drug-likeness (QED) is 0.418. The van der Waals surface area contributed by atoms with E-state index in [9.17, 15) is 4.39 Å². The largest absolute Gasteiger partial charge is 0.495 e. The number of nitrogens with one attached hydrogen (secondary N) is 1. The number of fused-ring (bicyclic) bond motifs is 4. The van der Waals surface area contributed by atoms with Crippen LogP contribution in [0.15, 0.2) is 60.8 Å². The lowest BCUT2D eigenvalue weighted by Crippen LogP contribution is -2.40. The minimum Gasteiger partial charge on any atom is -0.495 e. The molecule has 0 amide bonds. The molecule has 1 aromatic heterocycles. The molecule has 6 heteroatoms. The molecule has 0 saturated carbocycles. The van der Waals surface area contributed by atoms with Gasteiger partial charge in [0.2, 0.25) is 5.69 Å². The molecule has 0 spiro atoms. The smallest absolute Gasteiger partial charge is 0.213 e. The number of anilines is 1. The Morgan fingerprint density at radius 2 is 1.61 bits per heavy atom. The molecule has 0 radical (unpaired) electrons. The zero-order valence-corrected chi connectivity index (χ0v) is 18.9. The standard InChI is InChI=1S/C27H25FN2O3/c1-31-24-9-6-18-12-23-21-14-26(33-3)25(32-2)13-19(21)10-11-30(23)16-22(18)27(24)29-15-17-4-7-20(28)8-5-17/h4-9,12-14,16H,10-11,15H2,1-3H3/p+1. The van der Waals surface area contributed by atoms with E-state index in [-0.39, 0.29) is 5.82 Å². The molecular formula is C27H26FN2O3+. The fourth-order valence-electron chi connectivity index (χ4n) is 4.51. The molecule has 0 atom stereocenters. The number of aromatic nitrogens is 1. The van der Waals surface area contributed by atoms with Gasteiger partial charge in [0.1, 0.15) is 11.6 Å². The normalized spacial score (nSPS) is 12.1. The molecule has 33 heavy (non-hydrogen) atoms. The first-order valence-electron chi connectivity index (χ1n) is 10.9. The third-order valence-corrected chi connectivity index (χ3v) is 6.24. The molecule has 0 fully saturated rings. The average Bonchev–Trinajstić information content (AvgIpc) is 2.86. The van der Waals surface area contributed by atoms with Crippen LogP contribution in [0.25, 0.3) is 22.0 Å². The Balaban J connectivity index is 1.59. The summed E-state index contributed by atoms with van der Waals surface area (Å²) >= 11 is 0. The Kier molecular flexibility index (Phi) is 5.50. The lowest BCUT2D eigenvalue weighted by Gasteiger charge is -2.19. The molecule has 1 aliphatic heterocycles. The summed E-state index contributed by atoms with van der Waals surface area (Å²) in [7, 11) is 5.00. The van der Waals surface area contributed by atoms with E-state index in [1.54, 1.807) is 33.5 Å². The van der Waals surface area contributed by atoms with Crippen LogP contribution in [0.5, 0.6) is 17.2 Å². The van der Waals surface area contributed by atoms with Crippen molar-refractivity contribution in [2.45, 2.75) is 19.5 Å². The van der Waals surface area contributed by atoms with Gasteiger partial charge in [-0.15, -0.1) is 0 Å². The predicted octanol–water partition coefficient (Wildman–Crippen LogP) is 5.13. The first kappa shape index (κ1) is 21.1. The first-order valence-corrected chi connectivity index (χ1v) is 10.9. The van der Waals surface area contributed by atoms with Crippen molar-refractivity contribution in [1.82, 2.24) is 0 Å². The molecule has 0 aliphatic carbocycles. The molecular weight excluding hydrogens is 419 g/mol. The van der Waals surface area contributed by atoms with Crippen LogP contribution < -0.4 is 24.1 Å². The summed E-state index contributed by atoms with van der Waals surface area (Å²) in [5.74, 6) is 2.01. The topological polar surface area (TPSA) is 43.6 Å². The number of methoxy groups -OCH3 is 3. The van der Waals surface area contributed by atoms with Crippen LogP contribution in [0.1, 0.15) is 11.1 Å². The Morgan fingerprint density at radius 1 is 0.879 bits per heavy atom. The lowest BCUT2D eigenvalue weighted by molar-refractivity contribution is -0.686. The van der Waals surface area contributed by atoms with Gasteiger partial charge in [-0.2, -0.15) is 4.57 Å². The summed E-state index contributed by atoms with van der Waals surface area (Å²) in [6, 6.07) is 16.9. The molecule has 1 N–H and O–H groups in total. The fourth-order valence-corrected chi connectivity index (χ4v) is 4.51. The van der Waals surface area contributed by atoms with Crippen LogP contribution in [0.4, 0.5) is 10.1 Å². The molecule has 1 aliphatic rings. The maximum Gasteiger partial charge on any atom is 0.213 e. The number of hydrogen-bond acceptors (Lipinski definition) is 4. The minimum atomic E-state index is -0.237. The zero-order chi connectivity index (χ0) is 22.9. The van der Waals surface area contributed by atoms with Crippen molar-refractivity contribution in [3.8, 4) is 28.5 Å². The van der Waals surface area contributed by atoms with Crippen LogP contribution in [0.3, 0.4) is 0 Å². The number of pyridine rings is 1. The maximum absolute atomic E-state index is 13.3. The van der Waals surface area contributed by atoms with E-state index in [4.69, 9.17) is 14.2 Å². The number of aryl methyl sites for hydroxylation is 2. The molecule has 0 bridgehead atoms. The van der Waals surface area contributed by atoms with Crippen molar-refractivity contribution in [3.63, 3.8) is 0 Å². The van der Waals surface area contributed by atoms with Crippen LogP contribution >= 0.6 is 0 Å². The molecule has 5 rings (SSSR count). The second kappa shape index (κ2) is 8.62. The van der Waals surface area contributed by atoms with Gasteiger partial charge in [0, 0.05) is 19.0 Å². The van der Waals surface area contributed by atoms with E-state index in [1.165, 1.54) is 17.7 Å². The summed E-state index contributed by atoms with van der Waals surface area (Å²) < 4.78 is 32.3. The first-order chi connectivity index (χ1) is 16.1. The van der Waals surface area contributed by atoms with E-state index < -0.39 is 0 Å². The monoisotopic (exact) mass is 445 g/mol. The van der Waals surface area contributed by atoms with Crippen molar-refractivity contribution in [1.29, 1.82) is 0 Å². The van der Waals surface area contributed by atoms with Gasteiger partial charge in [0.05, 0.1) is 38.0 Å². The molecule has 168 valence electrons.